The summed E-state index contributed by atoms with van der Waals surface area (Å²) < 4.78 is 17.1. The van der Waals surface area contributed by atoms with Crippen molar-refractivity contribution in [3.63, 3.8) is 0 Å². The normalized spacial score (nSPS) is 12.8. The molecule has 0 saturated carbocycles. The fraction of sp³-hybridized carbons (Fsp3) is 0.188. The van der Waals surface area contributed by atoms with Gasteiger partial charge >= 0.3 is 0 Å². The van der Waals surface area contributed by atoms with Gasteiger partial charge in [0.25, 0.3) is 0 Å². The average molecular weight is 384 g/mol. The van der Waals surface area contributed by atoms with Gasteiger partial charge in [-0.2, -0.15) is 0 Å². The molecule has 0 saturated heterocycles. The minimum Gasteiger partial charge on any atom is -0.486 e. The van der Waals surface area contributed by atoms with E-state index >= 15 is 0 Å². The predicted octanol–water partition coefficient (Wildman–Crippen LogP) is 4.14. The zero-order valence-electron chi connectivity index (χ0n) is 11.5. The average Bonchev–Trinajstić information content (AvgIpc) is 2.53. The lowest BCUT2D eigenvalue weighted by Crippen LogP contribution is -2.17. The first-order chi connectivity index (χ1) is 10.6. The number of Topliss-reactive ketones (excluding diaryl/α,β-unsaturated/α-hetero) is 1. The van der Waals surface area contributed by atoms with Crippen LogP contribution in [-0.4, -0.2) is 25.6 Å². The van der Waals surface area contributed by atoms with Gasteiger partial charge in [0.1, 0.15) is 19.0 Å². The molecule has 0 spiro atoms. The number of halogens is 2. The largest absolute Gasteiger partial charge is 0.486 e. The van der Waals surface area contributed by atoms with Gasteiger partial charge in [-0.1, -0.05) is 11.6 Å². The van der Waals surface area contributed by atoms with Crippen molar-refractivity contribution in [3.05, 3.63) is 51.5 Å². The van der Waals surface area contributed by atoms with Crippen molar-refractivity contribution >= 4 is 33.3 Å². The minimum atomic E-state index is -0.140. The highest BCUT2D eigenvalue weighted by molar-refractivity contribution is 9.10. The van der Waals surface area contributed by atoms with Gasteiger partial charge in [-0.05, 0) is 52.3 Å². The number of benzene rings is 2. The summed E-state index contributed by atoms with van der Waals surface area (Å²) >= 11 is 9.21. The molecule has 0 bridgehead atoms. The topological polar surface area (TPSA) is 44.8 Å². The van der Waals surface area contributed by atoms with Crippen LogP contribution in [0.15, 0.2) is 40.9 Å². The van der Waals surface area contributed by atoms with E-state index in [0.717, 1.165) is 0 Å². The quantitative estimate of drug-likeness (QED) is 0.745. The maximum atomic E-state index is 12.2. The highest BCUT2D eigenvalue weighted by Crippen LogP contribution is 2.31. The molecule has 0 unspecified atom stereocenters. The van der Waals surface area contributed by atoms with Crippen LogP contribution < -0.4 is 14.2 Å². The number of fused-ring (bicyclic) bond motifs is 1. The Morgan fingerprint density at radius 2 is 1.91 bits per heavy atom. The zero-order chi connectivity index (χ0) is 15.5. The van der Waals surface area contributed by atoms with Crippen molar-refractivity contribution in [1.82, 2.24) is 0 Å². The molecule has 1 heterocycles. The first kappa shape index (κ1) is 15.2. The number of hydrogen-bond acceptors (Lipinski definition) is 4. The molecule has 22 heavy (non-hydrogen) atoms. The highest BCUT2D eigenvalue weighted by Gasteiger charge is 2.15. The van der Waals surface area contributed by atoms with Gasteiger partial charge in [-0.25, -0.2) is 0 Å². The Balaban J connectivity index is 1.69. The summed E-state index contributed by atoms with van der Waals surface area (Å²) in [7, 11) is 0. The lowest BCUT2D eigenvalue weighted by molar-refractivity contribution is 0.0920. The lowest BCUT2D eigenvalue weighted by atomic mass is 10.1. The Labute approximate surface area is 141 Å². The number of ketones is 1. The molecule has 4 nitrogen and oxygen atoms in total. The fourth-order valence-electron chi connectivity index (χ4n) is 2.04. The Bertz CT molecular complexity index is 717. The second-order valence-electron chi connectivity index (χ2n) is 4.65. The molecule has 1 aliphatic rings. The van der Waals surface area contributed by atoms with Gasteiger partial charge in [0, 0.05) is 10.6 Å². The van der Waals surface area contributed by atoms with Crippen LogP contribution in [0.4, 0.5) is 0 Å². The standard InChI is InChI=1S/C16H12BrClO4/c17-12-8-11(18)2-4-14(12)22-9-13(19)10-1-3-15-16(7-10)21-6-5-20-15/h1-4,7-8H,5-6,9H2. The van der Waals surface area contributed by atoms with E-state index in [1.54, 1.807) is 36.4 Å². The van der Waals surface area contributed by atoms with Crippen molar-refractivity contribution in [3.8, 4) is 17.2 Å². The third-order valence-electron chi connectivity index (χ3n) is 3.12. The predicted molar refractivity (Wildman–Crippen MR) is 86.4 cm³/mol. The molecule has 6 heteroatoms. The van der Waals surface area contributed by atoms with E-state index in [2.05, 4.69) is 15.9 Å². The molecule has 0 aromatic heterocycles. The molecule has 2 aromatic carbocycles. The number of ether oxygens (including phenoxy) is 3. The van der Waals surface area contributed by atoms with Gasteiger partial charge in [-0.15, -0.1) is 0 Å². The molecule has 0 amide bonds. The molecule has 0 atom stereocenters. The van der Waals surface area contributed by atoms with Crippen molar-refractivity contribution < 1.29 is 19.0 Å². The fourth-order valence-corrected chi connectivity index (χ4v) is 2.83. The molecule has 0 radical (unpaired) electrons. The number of carbonyl (C=O) groups is 1. The Kier molecular flexibility index (Phi) is 4.55. The van der Waals surface area contributed by atoms with E-state index in [0.29, 0.717) is 45.5 Å². The molecular weight excluding hydrogens is 372 g/mol. The van der Waals surface area contributed by atoms with Crippen LogP contribution in [0.2, 0.25) is 5.02 Å². The van der Waals surface area contributed by atoms with E-state index in [4.69, 9.17) is 25.8 Å². The van der Waals surface area contributed by atoms with E-state index in [1.807, 2.05) is 0 Å². The molecule has 2 aromatic rings. The van der Waals surface area contributed by atoms with Crippen LogP contribution >= 0.6 is 27.5 Å². The van der Waals surface area contributed by atoms with Gasteiger partial charge in [0.05, 0.1) is 4.47 Å². The summed E-state index contributed by atoms with van der Waals surface area (Å²) in [5, 5.41) is 0.595. The Hall–Kier alpha value is -1.72. The van der Waals surface area contributed by atoms with Gasteiger partial charge < -0.3 is 14.2 Å². The summed E-state index contributed by atoms with van der Waals surface area (Å²) in [6.07, 6.45) is 0. The lowest BCUT2D eigenvalue weighted by Gasteiger charge is -2.18. The van der Waals surface area contributed by atoms with E-state index in [9.17, 15) is 4.79 Å². The van der Waals surface area contributed by atoms with E-state index < -0.39 is 0 Å². The van der Waals surface area contributed by atoms with E-state index in [1.165, 1.54) is 0 Å². The highest BCUT2D eigenvalue weighted by atomic mass is 79.9. The Morgan fingerprint density at radius 1 is 1.14 bits per heavy atom. The van der Waals surface area contributed by atoms with Crippen molar-refractivity contribution in [2.24, 2.45) is 0 Å². The van der Waals surface area contributed by atoms with Crippen LogP contribution in [0.3, 0.4) is 0 Å². The SMILES string of the molecule is O=C(COc1ccc(Cl)cc1Br)c1ccc2c(c1)OCCO2. The van der Waals surface area contributed by atoms with Gasteiger partial charge in [0.15, 0.2) is 23.9 Å². The summed E-state index contributed by atoms with van der Waals surface area (Å²) in [5.41, 5.74) is 0.523. The molecule has 114 valence electrons. The molecular formula is C16H12BrClO4. The van der Waals surface area contributed by atoms with Crippen LogP contribution in [0, 0.1) is 0 Å². The van der Waals surface area contributed by atoms with Crippen molar-refractivity contribution in [2.45, 2.75) is 0 Å². The number of hydrogen-bond donors (Lipinski definition) is 0. The van der Waals surface area contributed by atoms with Crippen molar-refractivity contribution in [2.75, 3.05) is 19.8 Å². The third-order valence-corrected chi connectivity index (χ3v) is 3.97. The summed E-state index contributed by atoms with van der Waals surface area (Å²) in [5.74, 6) is 1.67. The Morgan fingerprint density at radius 3 is 2.68 bits per heavy atom. The monoisotopic (exact) mass is 382 g/mol. The zero-order valence-corrected chi connectivity index (χ0v) is 13.8. The smallest absolute Gasteiger partial charge is 0.200 e. The van der Waals surface area contributed by atoms with Gasteiger partial charge in [0.2, 0.25) is 0 Å². The second kappa shape index (κ2) is 6.58. The van der Waals surface area contributed by atoms with Crippen LogP contribution in [-0.2, 0) is 0 Å². The molecule has 3 rings (SSSR count). The number of rotatable bonds is 4. The summed E-state index contributed by atoms with van der Waals surface area (Å²) in [4.78, 5) is 12.2. The summed E-state index contributed by atoms with van der Waals surface area (Å²) in [6.45, 7) is 0.937. The maximum absolute atomic E-state index is 12.2. The van der Waals surface area contributed by atoms with Crippen LogP contribution in [0.1, 0.15) is 10.4 Å². The minimum absolute atomic E-state index is 0.0696. The van der Waals surface area contributed by atoms with Crippen LogP contribution in [0.25, 0.3) is 0 Å². The molecule has 0 aliphatic carbocycles. The van der Waals surface area contributed by atoms with Crippen LogP contribution in [0.5, 0.6) is 17.2 Å². The third kappa shape index (κ3) is 3.36. The first-order valence-corrected chi connectivity index (χ1v) is 7.81. The molecule has 0 fully saturated rings. The van der Waals surface area contributed by atoms with E-state index in [-0.39, 0.29) is 12.4 Å². The first-order valence-electron chi connectivity index (χ1n) is 6.64. The second-order valence-corrected chi connectivity index (χ2v) is 5.94. The number of carbonyl (C=O) groups excluding carboxylic acids is 1. The molecule has 0 N–H and O–H groups in total. The summed E-state index contributed by atoms with van der Waals surface area (Å²) in [6, 6.07) is 10.2. The van der Waals surface area contributed by atoms with Gasteiger partial charge in [-0.3, -0.25) is 4.79 Å². The van der Waals surface area contributed by atoms with Crippen molar-refractivity contribution in [1.29, 1.82) is 0 Å². The maximum Gasteiger partial charge on any atom is 0.200 e. The molecule has 1 aliphatic heterocycles.